The van der Waals surface area contributed by atoms with Crippen molar-refractivity contribution in [1.82, 2.24) is 20.5 Å². The van der Waals surface area contributed by atoms with Gasteiger partial charge in [-0.1, -0.05) is 60.7 Å². The van der Waals surface area contributed by atoms with Crippen molar-refractivity contribution in [2.75, 3.05) is 6.54 Å². The van der Waals surface area contributed by atoms with Crippen LogP contribution in [0, 0.1) is 0 Å². The number of amides is 3. The normalized spacial score (nSPS) is 16.6. The van der Waals surface area contributed by atoms with Gasteiger partial charge in [0.2, 0.25) is 17.7 Å². The lowest BCUT2D eigenvalue weighted by Gasteiger charge is -2.29. The Bertz CT molecular complexity index is 1650. The summed E-state index contributed by atoms with van der Waals surface area (Å²) in [4.78, 5) is 57.4. The monoisotopic (exact) mass is 611 g/mol. The van der Waals surface area contributed by atoms with E-state index in [9.17, 15) is 29.4 Å². The topological polar surface area (TPSA) is 178 Å². The Morgan fingerprint density at radius 2 is 1.53 bits per heavy atom. The van der Waals surface area contributed by atoms with E-state index in [2.05, 4.69) is 15.6 Å². The van der Waals surface area contributed by atoms with Gasteiger partial charge in [-0.15, -0.1) is 0 Å². The molecule has 4 unspecified atom stereocenters. The number of carboxylic acid groups (broad SMARTS) is 1. The number of carboxylic acids is 1. The minimum absolute atomic E-state index is 0.0213. The van der Waals surface area contributed by atoms with E-state index in [-0.39, 0.29) is 24.5 Å². The highest BCUT2D eigenvalue weighted by molar-refractivity contribution is 5.95. The lowest BCUT2D eigenvalue weighted by atomic mass is 10.0. The molecule has 3 aromatic carbocycles. The summed E-state index contributed by atoms with van der Waals surface area (Å²) in [7, 11) is 0. The number of H-pyrrole nitrogens is 1. The second-order valence-corrected chi connectivity index (χ2v) is 11.4. The molecular weight excluding hydrogens is 574 g/mol. The quantitative estimate of drug-likeness (QED) is 0.142. The van der Waals surface area contributed by atoms with Crippen LogP contribution < -0.4 is 16.4 Å². The Labute approximate surface area is 260 Å². The highest BCUT2D eigenvalue weighted by Gasteiger charge is 2.38. The van der Waals surface area contributed by atoms with Gasteiger partial charge in [0.15, 0.2) is 0 Å². The number of likely N-dealkylation sites (tertiary alicyclic amines) is 1. The van der Waals surface area contributed by atoms with Crippen LogP contribution in [-0.2, 0) is 38.4 Å². The predicted molar refractivity (Wildman–Crippen MR) is 168 cm³/mol. The standard InChI is InChI=1S/C34H37N5O6/c35-26(19-23-20-36-27-10-5-4-9-25(23)27)33(43)39-16-6-11-30(39)32(42)37-28(17-21-7-2-1-3-8-21)31(41)38-29(34(44)45)18-22-12-14-24(40)15-13-22/h1-5,7-10,12-15,20,26,28-30,36,40H,6,11,16-19,35H2,(H,37,42)(H,38,41)(H,44,45). The summed E-state index contributed by atoms with van der Waals surface area (Å²) in [5, 5.41) is 25.8. The van der Waals surface area contributed by atoms with E-state index in [1.54, 1.807) is 12.1 Å². The summed E-state index contributed by atoms with van der Waals surface area (Å²) in [5.41, 5.74) is 9.60. The van der Waals surface area contributed by atoms with Crippen LogP contribution in [0.4, 0.5) is 0 Å². The number of phenols is 1. The average molecular weight is 612 g/mol. The number of fused-ring (bicyclic) bond motifs is 1. The number of aromatic amines is 1. The Morgan fingerprint density at radius 1 is 0.867 bits per heavy atom. The Morgan fingerprint density at radius 3 is 2.27 bits per heavy atom. The molecule has 1 aliphatic heterocycles. The number of hydrogen-bond acceptors (Lipinski definition) is 6. The van der Waals surface area contributed by atoms with Crippen LogP contribution in [0.3, 0.4) is 0 Å². The molecule has 1 saturated heterocycles. The van der Waals surface area contributed by atoms with Crippen molar-refractivity contribution >= 4 is 34.6 Å². The minimum Gasteiger partial charge on any atom is -0.508 e. The lowest BCUT2D eigenvalue weighted by Crippen LogP contribution is -2.57. The fourth-order valence-electron chi connectivity index (χ4n) is 5.81. The number of phenolic OH excluding ortho intramolecular Hbond substituents is 1. The SMILES string of the molecule is NC(Cc1c[nH]c2ccccc12)C(=O)N1CCCC1C(=O)NC(Cc1ccccc1)C(=O)NC(Cc1ccc(O)cc1)C(=O)O. The molecule has 0 aliphatic carbocycles. The first-order valence-corrected chi connectivity index (χ1v) is 15.0. The summed E-state index contributed by atoms with van der Waals surface area (Å²) in [6.07, 6.45) is 3.25. The Kier molecular flexibility index (Phi) is 9.79. The molecular formula is C34H37N5O6. The second kappa shape index (κ2) is 14.1. The number of nitrogens with one attached hydrogen (secondary N) is 3. The molecule has 3 amide bonds. The van der Waals surface area contributed by atoms with Crippen molar-refractivity contribution in [2.24, 2.45) is 5.73 Å². The lowest BCUT2D eigenvalue weighted by molar-refractivity contribution is -0.143. The molecule has 2 heterocycles. The third-order valence-electron chi connectivity index (χ3n) is 8.18. The average Bonchev–Trinajstić information content (AvgIpc) is 3.69. The number of para-hydroxylation sites is 1. The zero-order chi connectivity index (χ0) is 31.9. The van der Waals surface area contributed by atoms with Gasteiger partial charge in [-0.2, -0.15) is 0 Å². The largest absolute Gasteiger partial charge is 0.508 e. The molecule has 0 saturated carbocycles. The van der Waals surface area contributed by atoms with Crippen LogP contribution in [0.5, 0.6) is 5.75 Å². The molecule has 5 rings (SSSR count). The molecule has 0 spiro atoms. The Balaban J connectivity index is 1.28. The van der Waals surface area contributed by atoms with Gasteiger partial charge in [-0.05, 0) is 54.2 Å². The van der Waals surface area contributed by atoms with Crippen molar-refractivity contribution in [3.63, 3.8) is 0 Å². The first-order chi connectivity index (χ1) is 21.7. The number of hydrogen-bond donors (Lipinski definition) is 6. The van der Waals surface area contributed by atoms with E-state index in [1.807, 2.05) is 60.8 Å². The fraction of sp³-hybridized carbons (Fsp3) is 0.294. The highest BCUT2D eigenvalue weighted by atomic mass is 16.4. The third kappa shape index (κ3) is 7.68. The van der Waals surface area contributed by atoms with E-state index >= 15 is 0 Å². The van der Waals surface area contributed by atoms with Crippen molar-refractivity contribution < 1.29 is 29.4 Å². The number of benzene rings is 3. The van der Waals surface area contributed by atoms with Crippen LogP contribution in [0.25, 0.3) is 10.9 Å². The summed E-state index contributed by atoms with van der Waals surface area (Å²) >= 11 is 0. The maximum atomic E-state index is 13.7. The number of rotatable bonds is 12. The number of nitrogens with zero attached hydrogens (tertiary/aromatic N) is 1. The van der Waals surface area contributed by atoms with Crippen LogP contribution >= 0.6 is 0 Å². The van der Waals surface area contributed by atoms with Gasteiger partial charge in [-0.3, -0.25) is 14.4 Å². The van der Waals surface area contributed by atoms with E-state index in [0.29, 0.717) is 31.4 Å². The molecule has 45 heavy (non-hydrogen) atoms. The zero-order valence-corrected chi connectivity index (χ0v) is 24.7. The number of carbonyl (C=O) groups excluding carboxylic acids is 3. The Hall–Kier alpha value is -5.16. The first kappa shape index (κ1) is 31.3. The van der Waals surface area contributed by atoms with Gasteiger partial charge in [-0.25, -0.2) is 4.79 Å². The molecule has 7 N–H and O–H groups in total. The van der Waals surface area contributed by atoms with E-state index in [0.717, 1.165) is 22.0 Å². The van der Waals surface area contributed by atoms with E-state index in [4.69, 9.17) is 5.73 Å². The van der Waals surface area contributed by atoms with E-state index in [1.165, 1.54) is 17.0 Å². The van der Waals surface area contributed by atoms with Gasteiger partial charge < -0.3 is 36.5 Å². The van der Waals surface area contributed by atoms with Gasteiger partial charge >= 0.3 is 5.97 Å². The number of carbonyl (C=O) groups is 4. The minimum atomic E-state index is -1.27. The predicted octanol–water partition coefficient (Wildman–Crippen LogP) is 2.27. The molecule has 1 aliphatic rings. The molecule has 1 fully saturated rings. The van der Waals surface area contributed by atoms with Crippen molar-refractivity contribution in [3.8, 4) is 5.75 Å². The van der Waals surface area contributed by atoms with Gasteiger partial charge in [0, 0.05) is 36.5 Å². The maximum Gasteiger partial charge on any atom is 0.326 e. The molecule has 4 atom stereocenters. The molecule has 0 bridgehead atoms. The third-order valence-corrected chi connectivity index (χ3v) is 8.18. The first-order valence-electron chi connectivity index (χ1n) is 15.0. The van der Waals surface area contributed by atoms with Gasteiger partial charge in [0.05, 0.1) is 6.04 Å². The van der Waals surface area contributed by atoms with Gasteiger partial charge in [0.25, 0.3) is 0 Å². The molecule has 1 aromatic heterocycles. The van der Waals surface area contributed by atoms with Crippen LogP contribution in [-0.4, -0.2) is 74.5 Å². The number of aromatic nitrogens is 1. The second-order valence-electron chi connectivity index (χ2n) is 11.4. The summed E-state index contributed by atoms with van der Waals surface area (Å²) in [5.74, 6) is -2.70. The van der Waals surface area contributed by atoms with Crippen molar-refractivity contribution in [1.29, 1.82) is 0 Å². The maximum absolute atomic E-state index is 13.7. The van der Waals surface area contributed by atoms with Crippen molar-refractivity contribution in [3.05, 3.63) is 102 Å². The van der Waals surface area contributed by atoms with Crippen LogP contribution in [0.15, 0.2) is 85.1 Å². The summed E-state index contributed by atoms with van der Waals surface area (Å²) in [6, 6.07) is 18.8. The smallest absolute Gasteiger partial charge is 0.326 e. The fourth-order valence-corrected chi connectivity index (χ4v) is 5.81. The molecule has 0 radical (unpaired) electrons. The number of nitrogens with two attached hydrogens (primary N) is 1. The van der Waals surface area contributed by atoms with E-state index < -0.39 is 42.0 Å². The van der Waals surface area contributed by atoms with Crippen LogP contribution in [0.1, 0.15) is 29.5 Å². The molecule has 234 valence electrons. The van der Waals surface area contributed by atoms with Crippen LogP contribution in [0.2, 0.25) is 0 Å². The van der Waals surface area contributed by atoms with Gasteiger partial charge in [0.1, 0.15) is 23.9 Å². The zero-order valence-electron chi connectivity index (χ0n) is 24.7. The number of aromatic hydroxyl groups is 1. The summed E-state index contributed by atoms with van der Waals surface area (Å²) in [6.45, 7) is 0.363. The van der Waals surface area contributed by atoms with Crippen molar-refractivity contribution in [2.45, 2.75) is 56.3 Å². The molecule has 11 nitrogen and oxygen atoms in total. The number of aliphatic carboxylic acids is 1. The highest BCUT2D eigenvalue weighted by Crippen LogP contribution is 2.22. The molecule has 4 aromatic rings. The summed E-state index contributed by atoms with van der Waals surface area (Å²) < 4.78 is 0. The molecule has 11 heteroatoms.